The van der Waals surface area contributed by atoms with Crippen LogP contribution in [0.1, 0.15) is 36.0 Å². The number of alkyl halides is 2. The summed E-state index contributed by atoms with van der Waals surface area (Å²) in [7, 11) is 0. The molecular weight excluding hydrogens is 410 g/mol. The standard InChI is InChI=1S/C25H32F2N4O/c26-25(27)17-20-5-3-7-22(21(20)18-25)31-14-12-30(13-15-31)11-1-2-16-32-23-9-8-19-6-4-10-28-24(19)29-23/h3,5,7-9H,1-2,4,6,10-18H2,(H,28,29). The molecule has 1 saturated heterocycles. The van der Waals surface area contributed by atoms with Gasteiger partial charge < -0.3 is 15.0 Å². The Balaban J connectivity index is 1.03. The maximum atomic E-state index is 13.9. The predicted molar refractivity (Wildman–Crippen MR) is 123 cm³/mol. The van der Waals surface area contributed by atoms with Crippen LogP contribution in [0.2, 0.25) is 0 Å². The summed E-state index contributed by atoms with van der Waals surface area (Å²) in [5, 5.41) is 3.34. The van der Waals surface area contributed by atoms with Gasteiger partial charge in [0.05, 0.1) is 6.61 Å². The van der Waals surface area contributed by atoms with Crippen LogP contribution in [-0.2, 0) is 19.3 Å². The van der Waals surface area contributed by atoms with Crippen molar-refractivity contribution in [2.75, 3.05) is 56.1 Å². The summed E-state index contributed by atoms with van der Waals surface area (Å²) in [6.45, 7) is 6.43. The van der Waals surface area contributed by atoms with E-state index >= 15 is 0 Å². The number of fused-ring (bicyclic) bond motifs is 2. The van der Waals surface area contributed by atoms with Gasteiger partial charge in [0.15, 0.2) is 0 Å². The zero-order valence-corrected chi connectivity index (χ0v) is 18.6. The minimum atomic E-state index is -2.59. The van der Waals surface area contributed by atoms with Gasteiger partial charge in [0, 0.05) is 57.3 Å². The second kappa shape index (κ2) is 9.22. The number of hydrogen-bond acceptors (Lipinski definition) is 5. The summed E-state index contributed by atoms with van der Waals surface area (Å²) in [5.74, 6) is -0.917. The SMILES string of the molecule is FC1(F)Cc2cccc(N3CCN(CCCCOc4ccc5c(n4)NCCC5)CC3)c2C1. The van der Waals surface area contributed by atoms with Crippen molar-refractivity contribution in [3.05, 3.63) is 47.0 Å². The van der Waals surface area contributed by atoms with Gasteiger partial charge in [-0.05, 0) is 61.1 Å². The van der Waals surface area contributed by atoms with Gasteiger partial charge in [0.2, 0.25) is 5.88 Å². The molecule has 172 valence electrons. The first-order chi connectivity index (χ1) is 15.6. The summed E-state index contributed by atoms with van der Waals surface area (Å²) in [6, 6.07) is 9.88. The minimum Gasteiger partial charge on any atom is -0.478 e. The third-order valence-corrected chi connectivity index (χ3v) is 6.83. The number of halogens is 2. The Morgan fingerprint density at radius 1 is 1.00 bits per heavy atom. The molecule has 2 aliphatic heterocycles. The third kappa shape index (κ3) is 4.82. The smallest absolute Gasteiger partial charge is 0.256 e. The van der Waals surface area contributed by atoms with E-state index < -0.39 is 5.92 Å². The van der Waals surface area contributed by atoms with Crippen LogP contribution in [0.25, 0.3) is 0 Å². The molecule has 0 bridgehead atoms. The number of benzene rings is 1. The first kappa shape index (κ1) is 21.4. The Bertz CT molecular complexity index is 944. The summed E-state index contributed by atoms with van der Waals surface area (Å²) < 4.78 is 33.6. The van der Waals surface area contributed by atoms with Gasteiger partial charge in [-0.15, -0.1) is 0 Å². The zero-order chi connectivity index (χ0) is 22.0. The topological polar surface area (TPSA) is 40.6 Å². The molecule has 0 unspecified atom stereocenters. The molecule has 5 rings (SSSR count). The third-order valence-electron chi connectivity index (χ3n) is 6.83. The number of nitrogens with zero attached hydrogens (tertiary/aromatic N) is 3. The van der Waals surface area contributed by atoms with Crippen molar-refractivity contribution in [3.8, 4) is 5.88 Å². The monoisotopic (exact) mass is 442 g/mol. The number of nitrogens with one attached hydrogen (secondary N) is 1. The largest absolute Gasteiger partial charge is 0.478 e. The first-order valence-electron chi connectivity index (χ1n) is 11.9. The fourth-order valence-electron chi connectivity index (χ4n) is 5.10. The van der Waals surface area contributed by atoms with Crippen LogP contribution in [0.3, 0.4) is 0 Å². The van der Waals surface area contributed by atoms with Crippen molar-refractivity contribution in [2.24, 2.45) is 0 Å². The molecule has 1 aromatic heterocycles. The molecule has 7 heteroatoms. The Labute approximate surface area is 188 Å². The van der Waals surface area contributed by atoms with Gasteiger partial charge in [-0.1, -0.05) is 12.1 Å². The van der Waals surface area contributed by atoms with Crippen molar-refractivity contribution in [1.82, 2.24) is 9.88 Å². The Morgan fingerprint density at radius 3 is 2.75 bits per heavy atom. The van der Waals surface area contributed by atoms with Crippen LogP contribution < -0.4 is 15.0 Å². The lowest BCUT2D eigenvalue weighted by molar-refractivity contribution is 0.0131. The fourth-order valence-corrected chi connectivity index (χ4v) is 5.10. The first-order valence-corrected chi connectivity index (χ1v) is 11.9. The minimum absolute atomic E-state index is 0.115. The van der Waals surface area contributed by atoms with E-state index in [4.69, 9.17) is 4.74 Å². The summed E-state index contributed by atoms with van der Waals surface area (Å²) in [4.78, 5) is 9.33. The summed E-state index contributed by atoms with van der Waals surface area (Å²) in [6.07, 6.45) is 4.09. The van der Waals surface area contributed by atoms with E-state index in [1.165, 1.54) is 5.56 Å². The van der Waals surface area contributed by atoms with Gasteiger partial charge in [-0.25, -0.2) is 8.78 Å². The lowest BCUT2D eigenvalue weighted by Gasteiger charge is -2.37. The quantitative estimate of drug-likeness (QED) is 0.653. The van der Waals surface area contributed by atoms with Gasteiger partial charge in [0.25, 0.3) is 5.92 Å². The molecule has 0 atom stereocenters. The molecule has 1 aliphatic carbocycles. The lowest BCUT2D eigenvalue weighted by atomic mass is 10.1. The number of aryl methyl sites for hydroxylation is 1. The Hall–Kier alpha value is -2.41. The van der Waals surface area contributed by atoms with E-state index in [0.29, 0.717) is 12.5 Å². The van der Waals surface area contributed by atoms with Crippen LogP contribution in [0.4, 0.5) is 20.3 Å². The van der Waals surface area contributed by atoms with Crippen molar-refractivity contribution < 1.29 is 13.5 Å². The molecule has 0 spiro atoms. The van der Waals surface area contributed by atoms with Crippen LogP contribution >= 0.6 is 0 Å². The number of piperazine rings is 1. The number of aromatic nitrogens is 1. The molecule has 1 N–H and O–H groups in total. The Morgan fingerprint density at radius 2 is 1.88 bits per heavy atom. The molecule has 32 heavy (non-hydrogen) atoms. The van der Waals surface area contributed by atoms with E-state index in [-0.39, 0.29) is 12.8 Å². The maximum absolute atomic E-state index is 13.9. The lowest BCUT2D eigenvalue weighted by Crippen LogP contribution is -2.47. The van der Waals surface area contributed by atoms with E-state index in [1.54, 1.807) is 0 Å². The number of anilines is 2. The highest BCUT2D eigenvalue weighted by Crippen LogP contribution is 2.39. The highest BCUT2D eigenvalue weighted by atomic mass is 19.3. The molecule has 3 heterocycles. The van der Waals surface area contributed by atoms with Crippen molar-refractivity contribution in [2.45, 2.75) is 44.4 Å². The normalized spacial score (nSPS) is 19.9. The highest BCUT2D eigenvalue weighted by Gasteiger charge is 2.39. The molecule has 3 aliphatic rings. The second-order valence-corrected chi connectivity index (χ2v) is 9.20. The van der Waals surface area contributed by atoms with E-state index in [2.05, 4.69) is 26.2 Å². The van der Waals surface area contributed by atoms with Crippen LogP contribution in [0.15, 0.2) is 30.3 Å². The highest BCUT2D eigenvalue weighted by molar-refractivity contribution is 5.59. The predicted octanol–water partition coefficient (Wildman–Crippen LogP) is 4.15. The van der Waals surface area contributed by atoms with Gasteiger partial charge >= 0.3 is 0 Å². The van der Waals surface area contributed by atoms with Crippen molar-refractivity contribution >= 4 is 11.5 Å². The van der Waals surface area contributed by atoms with Crippen LogP contribution in [0, 0.1) is 0 Å². The number of hydrogen-bond donors (Lipinski definition) is 1. The average Bonchev–Trinajstić information content (AvgIpc) is 3.13. The van der Waals surface area contributed by atoms with E-state index in [1.807, 2.05) is 24.3 Å². The van der Waals surface area contributed by atoms with Gasteiger partial charge in [0.1, 0.15) is 5.82 Å². The molecule has 5 nitrogen and oxygen atoms in total. The van der Waals surface area contributed by atoms with E-state index in [0.717, 1.165) is 87.6 Å². The van der Waals surface area contributed by atoms with Gasteiger partial charge in [-0.3, -0.25) is 4.90 Å². The van der Waals surface area contributed by atoms with Crippen LogP contribution in [0.5, 0.6) is 5.88 Å². The second-order valence-electron chi connectivity index (χ2n) is 9.20. The molecule has 0 amide bonds. The summed E-state index contributed by atoms with van der Waals surface area (Å²) >= 11 is 0. The molecule has 1 fully saturated rings. The average molecular weight is 443 g/mol. The molecule has 0 saturated carbocycles. The number of ether oxygens (including phenoxy) is 1. The maximum Gasteiger partial charge on any atom is 0.256 e. The van der Waals surface area contributed by atoms with Crippen molar-refractivity contribution in [3.63, 3.8) is 0 Å². The van der Waals surface area contributed by atoms with E-state index in [9.17, 15) is 8.78 Å². The van der Waals surface area contributed by atoms with Crippen LogP contribution in [-0.4, -0.2) is 61.7 Å². The molecule has 2 aromatic rings. The number of pyridine rings is 1. The number of rotatable bonds is 7. The Kier molecular flexibility index (Phi) is 6.17. The fraction of sp³-hybridized carbons (Fsp3) is 0.560. The molecule has 1 aromatic carbocycles. The van der Waals surface area contributed by atoms with Crippen molar-refractivity contribution in [1.29, 1.82) is 0 Å². The van der Waals surface area contributed by atoms with Gasteiger partial charge in [-0.2, -0.15) is 4.98 Å². The number of unbranched alkanes of at least 4 members (excludes halogenated alkanes) is 1. The zero-order valence-electron chi connectivity index (χ0n) is 18.6. The molecular formula is C25H32F2N4O. The summed E-state index contributed by atoms with van der Waals surface area (Å²) in [5.41, 5.74) is 3.96. The molecule has 0 radical (unpaired) electrons.